The van der Waals surface area contributed by atoms with Crippen molar-refractivity contribution in [2.75, 3.05) is 0 Å². The molecule has 0 saturated heterocycles. The van der Waals surface area contributed by atoms with Crippen molar-refractivity contribution >= 4 is 65.4 Å². The number of nitrogens with zero attached hydrogens (tertiary/aromatic N) is 4. The van der Waals surface area contributed by atoms with Crippen molar-refractivity contribution in [3.63, 3.8) is 0 Å². The molecule has 4 nitrogen and oxygen atoms in total. The number of benzene rings is 7. The van der Waals surface area contributed by atoms with Crippen LogP contribution in [-0.4, -0.2) is 18.3 Å². The molecule has 0 atom stereocenters. The fourth-order valence-electron chi connectivity index (χ4n) is 8.22. The first-order chi connectivity index (χ1) is 24.8. The molecule has 4 aromatic heterocycles. The zero-order chi connectivity index (χ0) is 32.8. The fraction of sp³-hybridized carbons (Fsp3) is 0. The van der Waals surface area contributed by atoms with E-state index in [0.717, 1.165) is 22.7 Å². The molecule has 0 fully saturated rings. The molecule has 4 heteroatoms. The number of hydrogen-bond donors (Lipinski definition) is 0. The lowest BCUT2D eigenvalue weighted by molar-refractivity contribution is 1.11. The maximum atomic E-state index is 2.37. The van der Waals surface area contributed by atoms with Crippen molar-refractivity contribution in [1.82, 2.24) is 18.3 Å². The zero-order valence-corrected chi connectivity index (χ0v) is 27.1. The second-order valence-corrected chi connectivity index (χ2v) is 13.1. The normalized spacial score (nSPS) is 12.0. The lowest BCUT2D eigenvalue weighted by atomic mass is 10.1. The molecule has 0 radical (unpaired) electrons. The summed E-state index contributed by atoms with van der Waals surface area (Å²) in [6.07, 6.45) is 4.39. The van der Waals surface area contributed by atoms with Gasteiger partial charge in [0.1, 0.15) is 0 Å². The minimum atomic E-state index is 1.14. The highest BCUT2D eigenvalue weighted by Crippen LogP contribution is 2.35. The fourth-order valence-corrected chi connectivity index (χ4v) is 8.22. The number of aromatic nitrogens is 4. The molecule has 0 aliphatic rings. The number of fused-ring (bicyclic) bond motifs is 9. The molecule has 234 valence electrons. The molecule has 0 saturated carbocycles. The van der Waals surface area contributed by atoms with E-state index in [-0.39, 0.29) is 0 Å². The Labute approximate surface area is 287 Å². The molecular weight excluding hydrogens is 609 g/mol. The Bertz CT molecular complexity index is 2970. The van der Waals surface area contributed by atoms with Gasteiger partial charge in [-0.25, -0.2) is 0 Å². The molecule has 0 aliphatic heterocycles. The summed E-state index contributed by atoms with van der Waals surface area (Å²) < 4.78 is 9.36. The number of hydrogen-bond acceptors (Lipinski definition) is 0. The van der Waals surface area contributed by atoms with Gasteiger partial charge in [0.2, 0.25) is 0 Å². The van der Waals surface area contributed by atoms with Gasteiger partial charge in [0.15, 0.2) is 0 Å². The molecule has 11 aromatic rings. The molecule has 0 spiro atoms. The van der Waals surface area contributed by atoms with Gasteiger partial charge in [0, 0.05) is 67.5 Å². The van der Waals surface area contributed by atoms with Gasteiger partial charge in [-0.15, -0.1) is 0 Å². The van der Waals surface area contributed by atoms with Crippen molar-refractivity contribution < 1.29 is 0 Å². The van der Waals surface area contributed by atoms with Crippen LogP contribution < -0.4 is 0 Å². The van der Waals surface area contributed by atoms with E-state index in [9.17, 15) is 0 Å². The van der Waals surface area contributed by atoms with Gasteiger partial charge in [-0.05, 0) is 91.0 Å². The van der Waals surface area contributed by atoms with E-state index in [0.29, 0.717) is 0 Å². The second-order valence-electron chi connectivity index (χ2n) is 13.1. The van der Waals surface area contributed by atoms with Crippen molar-refractivity contribution in [3.05, 3.63) is 182 Å². The van der Waals surface area contributed by atoms with E-state index in [1.54, 1.807) is 0 Å². The van der Waals surface area contributed by atoms with Crippen LogP contribution in [0.25, 0.3) is 88.2 Å². The van der Waals surface area contributed by atoms with Gasteiger partial charge in [-0.3, -0.25) is 0 Å². The maximum Gasteiger partial charge on any atom is 0.0622 e. The first kappa shape index (κ1) is 27.2. The largest absolute Gasteiger partial charge is 0.316 e. The summed E-state index contributed by atoms with van der Waals surface area (Å²) >= 11 is 0. The van der Waals surface area contributed by atoms with Crippen LogP contribution in [0.15, 0.2) is 182 Å². The van der Waals surface area contributed by atoms with E-state index in [1.165, 1.54) is 65.4 Å². The Kier molecular flexibility index (Phi) is 5.63. The summed E-state index contributed by atoms with van der Waals surface area (Å²) in [5, 5.41) is 7.55. The average Bonchev–Trinajstić information content (AvgIpc) is 3.96. The van der Waals surface area contributed by atoms with Crippen LogP contribution in [0.1, 0.15) is 0 Å². The molecule has 0 amide bonds. The first-order valence-electron chi connectivity index (χ1n) is 17.1. The Morgan fingerprint density at radius 3 is 1.14 bits per heavy atom. The van der Waals surface area contributed by atoms with Crippen LogP contribution in [0.4, 0.5) is 0 Å². The van der Waals surface area contributed by atoms with Crippen LogP contribution in [0.5, 0.6) is 0 Å². The van der Waals surface area contributed by atoms with Crippen LogP contribution in [0.3, 0.4) is 0 Å². The van der Waals surface area contributed by atoms with E-state index in [4.69, 9.17) is 0 Å². The predicted octanol–water partition coefficient (Wildman–Crippen LogP) is 11.8. The predicted molar refractivity (Wildman–Crippen MR) is 209 cm³/mol. The summed E-state index contributed by atoms with van der Waals surface area (Å²) in [4.78, 5) is 0. The molecule has 11 rings (SSSR count). The molecule has 4 heterocycles. The summed E-state index contributed by atoms with van der Waals surface area (Å²) in [6, 6.07) is 61.5. The average molecular weight is 639 g/mol. The Morgan fingerprint density at radius 1 is 0.260 bits per heavy atom. The minimum Gasteiger partial charge on any atom is -0.316 e. The van der Waals surface area contributed by atoms with Gasteiger partial charge in [-0.1, -0.05) is 78.9 Å². The van der Waals surface area contributed by atoms with Crippen molar-refractivity contribution in [3.8, 4) is 22.7 Å². The van der Waals surface area contributed by atoms with Gasteiger partial charge < -0.3 is 18.3 Å². The third kappa shape index (κ3) is 3.81. The number of rotatable bonds is 4. The molecular formula is C46H30N4. The Hall–Kier alpha value is -6.78. The number of para-hydroxylation sites is 4. The molecule has 0 aliphatic carbocycles. The Morgan fingerprint density at radius 2 is 0.660 bits per heavy atom. The van der Waals surface area contributed by atoms with Crippen LogP contribution >= 0.6 is 0 Å². The minimum absolute atomic E-state index is 1.14. The maximum absolute atomic E-state index is 2.37. The molecule has 0 unspecified atom stereocenters. The highest BCUT2D eigenvalue weighted by atomic mass is 15.0. The molecule has 0 bridgehead atoms. The topological polar surface area (TPSA) is 19.7 Å². The van der Waals surface area contributed by atoms with Crippen molar-refractivity contribution in [1.29, 1.82) is 0 Å². The monoisotopic (exact) mass is 638 g/mol. The van der Waals surface area contributed by atoms with Crippen molar-refractivity contribution in [2.24, 2.45) is 0 Å². The zero-order valence-electron chi connectivity index (χ0n) is 27.1. The van der Waals surface area contributed by atoms with E-state index >= 15 is 0 Å². The quantitative estimate of drug-likeness (QED) is 0.183. The molecule has 50 heavy (non-hydrogen) atoms. The van der Waals surface area contributed by atoms with E-state index in [1.807, 2.05) is 0 Å². The van der Waals surface area contributed by atoms with Crippen LogP contribution in [-0.2, 0) is 0 Å². The highest BCUT2D eigenvalue weighted by Gasteiger charge is 2.15. The summed E-state index contributed by atoms with van der Waals surface area (Å²) in [5.74, 6) is 0. The smallest absolute Gasteiger partial charge is 0.0622 e. The lowest BCUT2D eigenvalue weighted by Crippen LogP contribution is -1.97. The molecule has 0 N–H and O–H groups in total. The summed E-state index contributed by atoms with van der Waals surface area (Å²) in [5.41, 5.74) is 11.9. The van der Waals surface area contributed by atoms with Gasteiger partial charge in [0.05, 0.1) is 33.1 Å². The summed E-state index contributed by atoms with van der Waals surface area (Å²) in [7, 11) is 0. The lowest BCUT2D eigenvalue weighted by Gasteiger charge is -2.12. The van der Waals surface area contributed by atoms with E-state index in [2.05, 4.69) is 201 Å². The summed E-state index contributed by atoms with van der Waals surface area (Å²) in [6.45, 7) is 0. The van der Waals surface area contributed by atoms with Gasteiger partial charge in [-0.2, -0.15) is 0 Å². The second kappa shape index (κ2) is 10.4. The van der Waals surface area contributed by atoms with Gasteiger partial charge >= 0.3 is 0 Å². The highest BCUT2D eigenvalue weighted by molar-refractivity contribution is 6.10. The van der Waals surface area contributed by atoms with Crippen LogP contribution in [0.2, 0.25) is 0 Å². The standard InChI is InChI=1S/C46H30N4/c1-5-13-42-36(9-1)37-10-2-6-14-43(37)49(42)34-22-18-32(19-23-34)47-30-28-40-41(47)26-17-31-27-29-48(46(31)40)33-20-24-35(25-21-33)50-44-15-7-3-11-38(44)39-12-4-8-16-45(39)50/h1-30H. The van der Waals surface area contributed by atoms with Crippen molar-refractivity contribution in [2.45, 2.75) is 0 Å². The van der Waals surface area contributed by atoms with Gasteiger partial charge in [0.25, 0.3) is 0 Å². The first-order valence-corrected chi connectivity index (χ1v) is 17.1. The van der Waals surface area contributed by atoms with E-state index < -0.39 is 0 Å². The third-order valence-corrected chi connectivity index (χ3v) is 10.5. The third-order valence-electron chi connectivity index (χ3n) is 10.5. The van der Waals surface area contributed by atoms with Crippen LogP contribution in [0, 0.1) is 0 Å². The molecule has 7 aromatic carbocycles. The SMILES string of the molecule is c1ccc2c(c1)c1ccccc1n2-c1ccc(-n2ccc3c2ccc2ccn(-c4ccc(-n5c6ccccc6c6ccccc65)cc4)c23)cc1. The Balaban J connectivity index is 0.990.